The molecule has 0 unspecified atom stereocenters. The molecular weight excluding hydrogens is 703 g/mol. The highest BCUT2D eigenvalue weighted by Crippen LogP contribution is 2.61. The van der Waals surface area contributed by atoms with Crippen LogP contribution < -0.4 is 10.6 Å². The first-order valence-corrected chi connectivity index (χ1v) is 22.0. The van der Waals surface area contributed by atoms with Crippen LogP contribution in [0.3, 0.4) is 0 Å². The lowest BCUT2D eigenvalue weighted by Crippen LogP contribution is -2.31. The molecule has 0 aromatic carbocycles. The summed E-state index contributed by atoms with van der Waals surface area (Å²) < 4.78 is 55.6. The topological polar surface area (TPSA) is 71.1 Å². The maximum Gasteiger partial charge on any atom is 0.364 e. The van der Waals surface area contributed by atoms with Crippen LogP contribution in [0.4, 0.5) is 0 Å². The summed E-state index contributed by atoms with van der Waals surface area (Å²) in [6.07, 6.45) is -1.75. The van der Waals surface area contributed by atoms with Crippen LogP contribution >= 0.6 is 71.9 Å². The van der Waals surface area contributed by atoms with Gasteiger partial charge in [-0.1, -0.05) is 12.1 Å². The highest BCUT2D eigenvalue weighted by Gasteiger charge is 2.47. The first-order chi connectivity index (χ1) is 21.3. The maximum absolute atomic E-state index is 15.3. The first kappa shape index (κ1) is 35.1. The Morgan fingerprint density at radius 1 is 0.467 bits per heavy atom. The highest BCUT2D eigenvalue weighted by molar-refractivity contribution is 7.71. The largest absolute Gasteiger partial charge is 0.364 e. The molecule has 0 amide bonds. The van der Waals surface area contributed by atoms with Crippen LogP contribution in [0.1, 0.15) is 55.4 Å². The van der Waals surface area contributed by atoms with Crippen molar-refractivity contribution in [3.05, 3.63) is 59.3 Å². The molecule has 0 radical (unpaired) electrons. The Morgan fingerprint density at radius 2 is 0.800 bits per heavy atom. The molecule has 0 saturated carbocycles. The monoisotopic (exact) mass is 740 g/mol. The smallest absolute Gasteiger partial charge is 0.302 e. The zero-order chi connectivity index (χ0) is 32.5. The Morgan fingerprint density at radius 3 is 1.09 bits per heavy atom. The lowest BCUT2D eigenvalue weighted by Gasteiger charge is -2.28. The molecule has 5 rings (SSSR count). The summed E-state index contributed by atoms with van der Waals surface area (Å²) in [7, 11) is -8.21. The van der Waals surface area contributed by atoms with Crippen molar-refractivity contribution >= 4 is 82.5 Å². The second kappa shape index (κ2) is 14.5. The highest BCUT2D eigenvalue weighted by atomic mass is 32.1. The van der Waals surface area contributed by atoms with Crippen molar-refractivity contribution in [3.63, 3.8) is 0 Å². The van der Waals surface area contributed by atoms with E-state index in [2.05, 4.69) is 24.3 Å². The van der Waals surface area contributed by atoms with Gasteiger partial charge in [-0.05, 0) is 103 Å². The summed E-state index contributed by atoms with van der Waals surface area (Å²) in [5.41, 5.74) is 0. The molecule has 0 spiro atoms. The van der Waals surface area contributed by atoms with E-state index in [1.54, 1.807) is 45.3 Å². The van der Waals surface area contributed by atoms with Gasteiger partial charge >= 0.3 is 15.2 Å². The molecule has 0 aliphatic heterocycles. The van der Waals surface area contributed by atoms with Crippen molar-refractivity contribution in [1.29, 1.82) is 0 Å². The predicted octanol–water partition coefficient (Wildman–Crippen LogP) is 12.0. The van der Waals surface area contributed by atoms with Gasteiger partial charge in [0.15, 0.2) is 0 Å². The van der Waals surface area contributed by atoms with Gasteiger partial charge in [0, 0.05) is 29.3 Å². The number of hydrogen-bond acceptors (Lipinski definition) is 11. The summed E-state index contributed by atoms with van der Waals surface area (Å²) in [6, 6.07) is 16.4. The third-order valence-electron chi connectivity index (χ3n) is 5.99. The van der Waals surface area contributed by atoms with E-state index in [0.717, 1.165) is 29.3 Å². The van der Waals surface area contributed by atoms with E-state index in [1.165, 1.54) is 11.3 Å². The van der Waals surface area contributed by atoms with E-state index < -0.39 is 39.6 Å². The average molecular weight is 741 g/mol. The minimum Gasteiger partial charge on any atom is -0.302 e. The van der Waals surface area contributed by atoms with Gasteiger partial charge in [-0.3, -0.25) is 9.13 Å². The van der Waals surface area contributed by atoms with Gasteiger partial charge in [-0.25, -0.2) is 0 Å². The lowest BCUT2D eigenvalue weighted by molar-refractivity contribution is 0.146. The SMILES string of the molecule is CC(C)OP(=O)(OC(C)C)c1c(-c2ccc(-c3cccs3)s2)sc(-c2ccc(-c3cccs3)s2)c1P(=O)(OC(C)C)OC(C)C. The van der Waals surface area contributed by atoms with Crippen molar-refractivity contribution < 1.29 is 27.2 Å². The summed E-state index contributed by atoms with van der Waals surface area (Å²) in [5.74, 6) is 0. The van der Waals surface area contributed by atoms with Crippen LogP contribution in [-0.4, -0.2) is 24.4 Å². The Bertz CT molecular complexity index is 1640. The Kier molecular flexibility index (Phi) is 11.3. The standard InChI is InChI=1S/C32H38O6P2S5/c1-19(2)35-39(33,36-20(3)4)29-30(40(34,37-21(5)6)38-22(7)8)32(28-16-14-26(44-28)24-12-10-18-42-24)45-31(29)27-15-13-25(43-27)23-11-9-17-41-23/h9-22H,1-8H3. The van der Waals surface area contributed by atoms with Gasteiger partial charge in [-0.15, -0.1) is 56.7 Å². The molecule has 5 aromatic rings. The second-order valence-electron chi connectivity index (χ2n) is 11.4. The van der Waals surface area contributed by atoms with E-state index in [-0.39, 0.29) is 10.6 Å². The summed E-state index contributed by atoms with van der Waals surface area (Å²) in [6.45, 7) is 14.6. The first-order valence-electron chi connectivity index (χ1n) is 14.7. The molecule has 0 bridgehead atoms. The minimum atomic E-state index is -4.11. The maximum atomic E-state index is 15.3. The Labute approximate surface area is 286 Å². The molecule has 13 heteroatoms. The van der Waals surface area contributed by atoms with Crippen LogP contribution in [0.2, 0.25) is 0 Å². The van der Waals surface area contributed by atoms with Gasteiger partial charge < -0.3 is 18.1 Å². The minimum absolute atomic E-state index is 0.264. The summed E-state index contributed by atoms with van der Waals surface area (Å²) >= 11 is 7.95. The normalized spacial score (nSPS) is 12.9. The second-order valence-corrected chi connectivity index (χ2v) is 20.2. The summed E-state index contributed by atoms with van der Waals surface area (Å²) in [5, 5.41) is 4.63. The van der Waals surface area contributed by atoms with E-state index in [0.29, 0.717) is 9.75 Å². The molecule has 242 valence electrons. The Hall–Kier alpha value is -1.20. The van der Waals surface area contributed by atoms with Crippen LogP contribution in [0.15, 0.2) is 59.3 Å². The van der Waals surface area contributed by atoms with Crippen molar-refractivity contribution in [1.82, 2.24) is 0 Å². The number of hydrogen-bond donors (Lipinski definition) is 0. The zero-order valence-electron chi connectivity index (χ0n) is 26.5. The molecule has 0 atom stereocenters. The molecule has 0 saturated heterocycles. The average Bonchev–Trinajstić information content (AvgIpc) is 3.76. The predicted molar refractivity (Wildman–Crippen MR) is 197 cm³/mol. The van der Waals surface area contributed by atoms with Crippen molar-refractivity contribution in [3.8, 4) is 39.0 Å². The number of thiophene rings is 5. The van der Waals surface area contributed by atoms with Gasteiger partial charge in [0.25, 0.3) is 0 Å². The molecule has 45 heavy (non-hydrogen) atoms. The van der Waals surface area contributed by atoms with E-state index in [9.17, 15) is 0 Å². The molecule has 0 aliphatic rings. The van der Waals surface area contributed by atoms with E-state index in [1.807, 2.05) is 90.4 Å². The summed E-state index contributed by atoms with van der Waals surface area (Å²) in [4.78, 5) is 7.57. The fourth-order valence-corrected chi connectivity index (χ4v) is 15.9. The molecular formula is C32H38O6P2S5. The fraction of sp³-hybridized carbons (Fsp3) is 0.375. The van der Waals surface area contributed by atoms with Crippen LogP contribution in [0.25, 0.3) is 39.0 Å². The lowest BCUT2D eigenvalue weighted by atomic mass is 10.3. The van der Waals surface area contributed by atoms with Gasteiger partial charge in [0.05, 0.1) is 44.8 Å². The third kappa shape index (κ3) is 7.93. The van der Waals surface area contributed by atoms with Crippen molar-refractivity contribution in [2.75, 3.05) is 0 Å². The quantitative estimate of drug-likeness (QED) is 0.106. The zero-order valence-corrected chi connectivity index (χ0v) is 32.3. The van der Waals surface area contributed by atoms with Crippen LogP contribution in [0.5, 0.6) is 0 Å². The molecule has 5 aromatic heterocycles. The molecule has 5 heterocycles. The van der Waals surface area contributed by atoms with Gasteiger partial charge in [0.2, 0.25) is 0 Å². The number of rotatable bonds is 14. The molecule has 0 fully saturated rings. The Balaban J connectivity index is 1.88. The van der Waals surface area contributed by atoms with Gasteiger partial charge in [-0.2, -0.15) is 0 Å². The van der Waals surface area contributed by atoms with Crippen molar-refractivity contribution in [2.24, 2.45) is 0 Å². The third-order valence-corrected chi connectivity index (χ3v) is 17.1. The van der Waals surface area contributed by atoms with Crippen molar-refractivity contribution in [2.45, 2.75) is 79.8 Å². The molecule has 0 N–H and O–H groups in total. The molecule has 0 aliphatic carbocycles. The molecule has 6 nitrogen and oxygen atoms in total. The van der Waals surface area contributed by atoms with Crippen LogP contribution in [0, 0.1) is 0 Å². The van der Waals surface area contributed by atoms with Crippen LogP contribution in [-0.2, 0) is 27.2 Å². The fourth-order valence-electron chi connectivity index (χ4n) is 4.65. The van der Waals surface area contributed by atoms with Gasteiger partial charge in [0.1, 0.15) is 0 Å². The van der Waals surface area contributed by atoms with E-state index >= 15 is 9.13 Å². The van der Waals surface area contributed by atoms with E-state index in [4.69, 9.17) is 18.1 Å².